The maximum absolute atomic E-state index is 11.7. The third-order valence-corrected chi connectivity index (χ3v) is 3.08. The second-order valence-electron chi connectivity index (χ2n) is 3.37. The number of rotatable bonds is 2. The molecule has 0 saturated heterocycles. The Balaban J connectivity index is 2.14. The number of oxazole rings is 1. The van der Waals surface area contributed by atoms with Gasteiger partial charge in [0.25, 0.3) is 5.91 Å². The Hall–Kier alpha value is -1.82. The lowest BCUT2D eigenvalue weighted by molar-refractivity contribution is 0.102. The van der Waals surface area contributed by atoms with Gasteiger partial charge in [0.15, 0.2) is 0 Å². The van der Waals surface area contributed by atoms with Crippen molar-refractivity contribution < 1.29 is 9.21 Å². The van der Waals surface area contributed by atoms with Crippen LogP contribution >= 0.6 is 11.3 Å². The van der Waals surface area contributed by atoms with Crippen molar-refractivity contribution in [1.29, 1.82) is 0 Å². The smallest absolute Gasteiger partial charge is 0.301 e. The van der Waals surface area contributed by atoms with Crippen molar-refractivity contribution in [3.63, 3.8) is 0 Å². The summed E-state index contributed by atoms with van der Waals surface area (Å²) < 4.78 is 5.02. The van der Waals surface area contributed by atoms with Crippen molar-refractivity contribution in [1.82, 2.24) is 4.98 Å². The number of hydrogen-bond acceptors (Lipinski definition) is 5. The zero-order valence-corrected chi connectivity index (χ0v) is 9.72. The van der Waals surface area contributed by atoms with Crippen molar-refractivity contribution >= 4 is 28.9 Å². The lowest BCUT2D eigenvalue weighted by atomic mass is 10.3. The van der Waals surface area contributed by atoms with Gasteiger partial charge in [-0.1, -0.05) is 0 Å². The molecule has 0 aromatic carbocycles. The minimum atomic E-state index is -0.258. The number of aromatic nitrogens is 1. The minimum Gasteiger partial charge on any atom is -0.432 e. The van der Waals surface area contributed by atoms with Gasteiger partial charge in [0.1, 0.15) is 6.26 Å². The van der Waals surface area contributed by atoms with E-state index in [4.69, 9.17) is 10.2 Å². The molecule has 2 heterocycles. The highest BCUT2D eigenvalue weighted by atomic mass is 32.1. The Morgan fingerprint density at radius 3 is 2.81 bits per heavy atom. The summed E-state index contributed by atoms with van der Waals surface area (Å²) in [5, 5.41) is 2.56. The van der Waals surface area contributed by atoms with Gasteiger partial charge in [-0.05, 0) is 19.9 Å². The lowest BCUT2D eigenvalue weighted by Crippen LogP contribution is -2.10. The van der Waals surface area contributed by atoms with E-state index in [1.165, 1.54) is 17.6 Å². The van der Waals surface area contributed by atoms with E-state index in [9.17, 15) is 4.79 Å². The fraction of sp³-hybridized carbons (Fsp3) is 0.200. The number of carbonyl (C=O) groups excluding carboxylic acids is 1. The van der Waals surface area contributed by atoms with E-state index in [0.29, 0.717) is 10.6 Å². The predicted molar refractivity (Wildman–Crippen MR) is 62.7 cm³/mol. The first-order valence-corrected chi connectivity index (χ1v) is 5.47. The van der Waals surface area contributed by atoms with E-state index in [0.717, 1.165) is 10.6 Å². The fourth-order valence-electron chi connectivity index (χ4n) is 1.18. The average Bonchev–Trinajstić information content (AvgIpc) is 2.75. The molecule has 1 amide bonds. The van der Waals surface area contributed by atoms with Crippen LogP contribution < -0.4 is 11.1 Å². The average molecular weight is 237 g/mol. The van der Waals surface area contributed by atoms with Crippen LogP contribution in [0, 0.1) is 13.8 Å². The quantitative estimate of drug-likeness (QED) is 0.838. The van der Waals surface area contributed by atoms with Crippen molar-refractivity contribution in [2.45, 2.75) is 13.8 Å². The van der Waals surface area contributed by atoms with E-state index in [1.54, 1.807) is 13.0 Å². The van der Waals surface area contributed by atoms with Crippen LogP contribution in [-0.4, -0.2) is 10.9 Å². The molecule has 3 N–H and O–H groups in total. The summed E-state index contributed by atoms with van der Waals surface area (Å²) in [6, 6.07) is 1.85. The molecule has 0 fully saturated rings. The summed E-state index contributed by atoms with van der Waals surface area (Å²) in [4.78, 5) is 17.2. The van der Waals surface area contributed by atoms with Gasteiger partial charge in [0.05, 0.1) is 10.6 Å². The molecule has 2 aromatic rings. The zero-order chi connectivity index (χ0) is 11.7. The lowest BCUT2D eigenvalue weighted by Gasteiger charge is -1.96. The molecule has 2 aromatic heterocycles. The van der Waals surface area contributed by atoms with Crippen molar-refractivity contribution in [3.8, 4) is 0 Å². The van der Waals surface area contributed by atoms with Gasteiger partial charge in [-0.25, -0.2) is 0 Å². The third kappa shape index (κ3) is 2.06. The molecule has 0 unspecified atom stereocenters. The normalized spacial score (nSPS) is 10.4. The van der Waals surface area contributed by atoms with Crippen LogP contribution in [0.2, 0.25) is 0 Å². The summed E-state index contributed by atoms with van der Waals surface area (Å²) >= 11 is 1.34. The maximum Gasteiger partial charge on any atom is 0.301 e. The molecule has 0 atom stereocenters. The molecule has 0 radical (unpaired) electrons. The molecule has 0 aliphatic heterocycles. The number of aryl methyl sites for hydroxylation is 2. The molecule has 84 valence electrons. The van der Waals surface area contributed by atoms with E-state index in [2.05, 4.69) is 10.3 Å². The molecule has 6 heteroatoms. The standard InChI is InChI=1S/C10H11N3O2S/c1-5-4-15-10(12-5)13-9(14)8-3-7(11)6(2)16-8/h3-4H,11H2,1-2H3,(H,12,13,14). The Labute approximate surface area is 96.3 Å². The van der Waals surface area contributed by atoms with E-state index in [1.807, 2.05) is 6.92 Å². The number of nitrogen functional groups attached to an aromatic ring is 1. The summed E-state index contributed by atoms with van der Waals surface area (Å²) in [5.41, 5.74) is 7.01. The number of amides is 1. The van der Waals surface area contributed by atoms with Crippen LogP contribution in [-0.2, 0) is 0 Å². The Morgan fingerprint density at radius 1 is 1.56 bits per heavy atom. The molecule has 0 aliphatic carbocycles. The molecule has 0 aliphatic rings. The van der Waals surface area contributed by atoms with Crippen molar-refractivity contribution in [3.05, 3.63) is 27.8 Å². The Bertz CT molecular complexity index is 510. The van der Waals surface area contributed by atoms with Crippen LogP contribution in [0.3, 0.4) is 0 Å². The Morgan fingerprint density at radius 2 is 2.31 bits per heavy atom. The monoisotopic (exact) mass is 237 g/mol. The first-order chi connectivity index (χ1) is 7.56. The first-order valence-electron chi connectivity index (χ1n) is 4.65. The molecule has 16 heavy (non-hydrogen) atoms. The van der Waals surface area contributed by atoms with Gasteiger partial charge in [-0.2, -0.15) is 4.98 Å². The molecular weight excluding hydrogens is 226 g/mol. The van der Waals surface area contributed by atoms with Crippen molar-refractivity contribution in [2.24, 2.45) is 0 Å². The highest BCUT2D eigenvalue weighted by molar-refractivity contribution is 7.14. The van der Waals surface area contributed by atoms with Crippen LogP contribution in [0.5, 0.6) is 0 Å². The van der Waals surface area contributed by atoms with Crippen LogP contribution in [0.15, 0.2) is 16.7 Å². The van der Waals surface area contributed by atoms with Gasteiger partial charge < -0.3 is 10.2 Å². The summed E-state index contributed by atoms with van der Waals surface area (Å²) in [6.07, 6.45) is 1.48. The molecule has 5 nitrogen and oxygen atoms in total. The highest BCUT2D eigenvalue weighted by Crippen LogP contribution is 2.24. The van der Waals surface area contributed by atoms with Gasteiger partial charge >= 0.3 is 6.01 Å². The fourth-order valence-corrected chi connectivity index (χ4v) is 2.01. The van der Waals surface area contributed by atoms with Gasteiger partial charge in [-0.3, -0.25) is 10.1 Å². The predicted octanol–water partition coefficient (Wildman–Crippen LogP) is 2.19. The first kappa shape index (κ1) is 10.7. The van der Waals surface area contributed by atoms with Crippen molar-refractivity contribution in [2.75, 3.05) is 11.1 Å². The van der Waals surface area contributed by atoms with Gasteiger partial charge in [-0.15, -0.1) is 11.3 Å². The zero-order valence-electron chi connectivity index (χ0n) is 8.90. The second kappa shape index (κ2) is 3.97. The highest BCUT2D eigenvalue weighted by Gasteiger charge is 2.13. The number of nitrogens with two attached hydrogens (primary N) is 1. The number of nitrogens with zero attached hydrogens (tertiary/aromatic N) is 1. The second-order valence-corrected chi connectivity index (χ2v) is 4.63. The van der Waals surface area contributed by atoms with E-state index in [-0.39, 0.29) is 11.9 Å². The largest absolute Gasteiger partial charge is 0.432 e. The van der Waals surface area contributed by atoms with Gasteiger partial charge in [0.2, 0.25) is 0 Å². The van der Waals surface area contributed by atoms with Crippen LogP contribution in [0.25, 0.3) is 0 Å². The number of carbonyl (C=O) groups is 1. The molecule has 0 spiro atoms. The number of nitrogens with one attached hydrogen (secondary N) is 1. The topological polar surface area (TPSA) is 81.2 Å². The number of hydrogen-bond donors (Lipinski definition) is 2. The van der Waals surface area contributed by atoms with Crippen LogP contribution in [0.1, 0.15) is 20.2 Å². The molecule has 2 rings (SSSR count). The van der Waals surface area contributed by atoms with E-state index >= 15 is 0 Å². The SMILES string of the molecule is Cc1coc(NC(=O)c2cc(N)c(C)s2)n1. The van der Waals surface area contributed by atoms with E-state index < -0.39 is 0 Å². The number of anilines is 2. The van der Waals surface area contributed by atoms with Crippen LogP contribution in [0.4, 0.5) is 11.7 Å². The molecule has 0 bridgehead atoms. The summed E-state index contributed by atoms with van der Waals surface area (Å²) in [7, 11) is 0. The summed E-state index contributed by atoms with van der Waals surface area (Å²) in [6.45, 7) is 3.65. The van der Waals surface area contributed by atoms with Gasteiger partial charge in [0, 0.05) is 10.6 Å². The number of thiophene rings is 1. The minimum absolute atomic E-state index is 0.201. The summed E-state index contributed by atoms with van der Waals surface area (Å²) in [5.74, 6) is -0.258. The molecular formula is C10H11N3O2S. The molecule has 0 saturated carbocycles. The maximum atomic E-state index is 11.7. The third-order valence-electron chi connectivity index (χ3n) is 2.02. The Kier molecular flexibility index (Phi) is 2.66.